The third kappa shape index (κ3) is 13.0. The second kappa shape index (κ2) is 23.1. The van der Waals surface area contributed by atoms with Crippen molar-refractivity contribution in [2.45, 2.75) is 97.8 Å². The Morgan fingerprint density at radius 1 is 0.657 bits per heavy atom. The van der Waals surface area contributed by atoms with Gasteiger partial charge in [-0.15, -0.1) is 0 Å². The van der Waals surface area contributed by atoms with E-state index >= 15 is 4.39 Å². The van der Waals surface area contributed by atoms with E-state index in [-0.39, 0.29) is 35.8 Å². The minimum atomic E-state index is -1.20. The molecule has 0 saturated heterocycles. The molecule has 0 radical (unpaired) electrons. The van der Waals surface area contributed by atoms with Gasteiger partial charge in [-0.1, -0.05) is 63.0 Å². The van der Waals surface area contributed by atoms with Crippen molar-refractivity contribution < 1.29 is 33.8 Å². The molecule has 0 aliphatic carbocycles. The number of hydrogen-bond acceptors (Lipinski definition) is 8. The summed E-state index contributed by atoms with van der Waals surface area (Å²) in [6.45, 7) is 11.1. The Bertz CT molecular complexity index is 3030. The smallest absolute Gasteiger partial charge is 0.305 e. The van der Waals surface area contributed by atoms with Crippen LogP contribution in [0.4, 0.5) is 4.39 Å². The number of nitrogens with one attached hydrogen (secondary N) is 2. The Kier molecular flexibility index (Phi) is 17.3. The molecule has 70 heavy (non-hydrogen) atoms. The Hall–Kier alpha value is -6.97. The first-order valence-corrected chi connectivity index (χ1v) is 23.5. The Morgan fingerprint density at radius 2 is 1.14 bits per heavy atom. The lowest BCUT2D eigenvalue weighted by Gasteiger charge is -2.25. The van der Waals surface area contributed by atoms with Gasteiger partial charge in [0, 0.05) is 81.6 Å². The molecular weight excluding hydrogens is 939 g/mol. The topological polar surface area (TPSA) is 203 Å². The van der Waals surface area contributed by atoms with Crippen molar-refractivity contribution in [3.63, 3.8) is 0 Å². The average Bonchev–Trinajstić information content (AvgIpc) is 3.28. The van der Waals surface area contributed by atoms with Crippen LogP contribution in [-0.4, -0.2) is 53.1 Å². The van der Waals surface area contributed by atoms with E-state index in [1.165, 1.54) is 58.3 Å². The fourth-order valence-electron chi connectivity index (χ4n) is 8.55. The van der Waals surface area contributed by atoms with Crippen LogP contribution in [0.2, 0.25) is 10.0 Å². The van der Waals surface area contributed by atoms with E-state index in [4.69, 9.17) is 23.2 Å². The third-order valence-electron chi connectivity index (χ3n) is 12.0. The second-order valence-corrected chi connectivity index (χ2v) is 19.1. The first-order chi connectivity index (χ1) is 33.2. The molecule has 0 aliphatic rings. The van der Waals surface area contributed by atoms with Crippen LogP contribution in [0, 0.1) is 31.5 Å². The summed E-state index contributed by atoms with van der Waals surface area (Å²) in [7, 11) is 0. The van der Waals surface area contributed by atoms with Crippen LogP contribution in [0.1, 0.15) is 111 Å². The maximum Gasteiger partial charge on any atom is 0.305 e. The molecule has 6 aromatic rings. The van der Waals surface area contributed by atoms with Crippen molar-refractivity contribution in [1.82, 2.24) is 29.7 Å². The number of carbonyl (C=O) groups is 4. The number of aliphatic carboxylic acids is 2. The van der Waals surface area contributed by atoms with Crippen LogP contribution in [-0.2, 0) is 25.6 Å². The Balaban J connectivity index is 1.26. The average molecular weight is 994 g/mol. The molecule has 0 bridgehead atoms. The van der Waals surface area contributed by atoms with Crippen LogP contribution in [0.5, 0.6) is 0 Å². The molecule has 0 spiro atoms. The van der Waals surface area contributed by atoms with E-state index in [2.05, 4.69) is 20.6 Å². The number of carboxylic acid groups (broad SMARTS) is 2. The molecule has 6 rings (SSSR count). The van der Waals surface area contributed by atoms with Gasteiger partial charge in [-0.25, -0.2) is 4.39 Å². The largest absolute Gasteiger partial charge is 0.481 e. The molecule has 0 aliphatic heterocycles. The van der Waals surface area contributed by atoms with E-state index in [0.29, 0.717) is 61.0 Å². The van der Waals surface area contributed by atoms with Gasteiger partial charge < -0.3 is 30.0 Å². The highest BCUT2D eigenvalue weighted by Gasteiger charge is 2.30. The number of pyridine rings is 4. The summed E-state index contributed by atoms with van der Waals surface area (Å²) >= 11 is 12.9. The quantitative estimate of drug-likeness (QED) is 0.0570. The van der Waals surface area contributed by atoms with Crippen molar-refractivity contribution in [2.24, 2.45) is 11.8 Å². The highest BCUT2D eigenvalue weighted by Crippen LogP contribution is 2.36. The summed E-state index contributed by atoms with van der Waals surface area (Å²) in [4.78, 5) is 87.9. The number of aromatic nitrogens is 4. The lowest BCUT2D eigenvalue weighted by atomic mass is 9.92. The highest BCUT2D eigenvalue weighted by atomic mass is 35.5. The summed E-state index contributed by atoms with van der Waals surface area (Å²) < 4.78 is 18.6. The standard InChI is InChI=1S/C53H55Cl2FN6O8/c1-29(2)16-44(61-14-12-31(5)18-46(61)63)52(69)59-42(23-48(65)66)35-21-37(27-57-25-35)50-32(6)34(10-11-41(50)56)19-33-13-15-62(47(64)20-33)45(17-30(3)4)53(70)60-43(24-49(67)68)36-22-38(28-58-26-36)51-39(54)8-7-9-40(51)55/h7-15,18,20-22,25-30,42-45H,16-17,19,23-24H2,1-6H3,(H,59,69)(H,60,70)(H,65,66)(H,67,68)/t42-,43-,44?,45?/m0/s1. The van der Waals surface area contributed by atoms with E-state index in [1.54, 1.807) is 68.6 Å². The highest BCUT2D eigenvalue weighted by molar-refractivity contribution is 6.39. The molecule has 2 amide bonds. The van der Waals surface area contributed by atoms with Gasteiger partial charge in [-0.3, -0.25) is 38.7 Å². The first-order valence-electron chi connectivity index (χ1n) is 22.8. The lowest BCUT2D eigenvalue weighted by molar-refractivity contribution is -0.139. The summed E-state index contributed by atoms with van der Waals surface area (Å²) in [5.41, 5.74) is 3.85. The zero-order valence-corrected chi connectivity index (χ0v) is 41.1. The van der Waals surface area contributed by atoms with Gasteiger partial charge >= 0.3 is 11.9 Å². The van der Waals surface area contributed by atoms with Gasteiger partial charge in [0.15, 0.2) is 0 Å². The Morgan fingerprint density at radius 3 is 1.61 bits per heavy atom. The van der Waals surface area contributed by atoms with E-state index in [9.17, 15) is 39.0 Å². The molecule has 4 heterocycles. The van der Waals surface area contributed by atoms with Gasteiger partial charge in [0.25, 0.3) is 11.1 Å². The molecule has 4 atom stereocenters. The number of aryl methyl sites for hydroxylation is 1. The number of hydrogen-bond donors (Lipinski definition) is 4. The molecule has 366 valence electrons. The number of amides is 2. The zero-order valence-electron chi connectivity index (χ0n) is 39.6. The van der Waals surface area contributed by atoms with Gasteiger partial charge in [-0.05, 0) is 121 Å². The first kappa shape index (κ1) is 52.4. The van der Waals surface area contributed by atoms with Crippen LogP contribution >= 0.6 is 23.2 Å². The normalized spacial score (nSPS) is 13.1. The molecule has 4 N–H and O–H groups in total. The van der Waals surface area contributed by atoms with E-state index in [1.807, 2.05) is 27.7 Å². The number of halogens is 3. The van der Waals surface area contributed by atoms with Gasteiger partial charge in [-0.2, -0.15) is 0 Å². The van der Waals surface area contributed by atoms with Crippen LogP contribution < -0.4 is 21.8 Å². The monoisotopic (exact) mass is 992 g/mol. The van der Waals surface area contributed by atoms with Crippen LogP contribution in [0.25, 0.3) is 22.3 Å². The number of benzene rings is 2. The summed E-state index contributed by atoms with van der Waals surface area (Å²) in [6.07, 6.45) is 8.64. The van der Waals surface area contributed by atoms with Gasteiger partial charge in [0.1, 0.15) is 17.9 Å². The zero-order chi connectivity index (χ0) is 51.0. The molecule has 0 fully saturated rings. The summed E-state index contributed by atoms with van der Waals surface area (Å²) in [5.74, 6) is -4.13. The predicted octanol–water partition coefficient (Wildman–Crippen LogP) is 9.63. The number of rotatable bonds is 20. The molecule has 14 nitrogen and oxygen atoms in total. The molecular formula is C53H55Cl2FN6O8. The van der Waals surface area contributed by atoms with Gasteiger partial charge in [0.05, 0.1) is 24.9 Å². The number of carboxylic acids is 2. The number of nitrogens with zero attached hydrogens (tertiary/aromatic N) is 4. The van der Waals surface area contributed by atoms with E-state index in [0.717, 1.165) is 5.56 Å². The minimum Gasteiger partial charge on any atom is -0.481 e. The van der Waals surface area contributed by atoms with Gasteiger partial charge in [0.2, 0.25) is 11.8 Å². The minimum absolute atomic E-state index is 0.0106. The van der Waals surface area contributed by atoms with Crippen molar-refractivity contribution in [2.75, 3.05) is 0 Å². The third-order valence-corrected chi connectivity index (χ3v) is 12.6. The van der Waals surface area contributed by atoms with Crippen molar-refractivity contribution in [1.29, 1.82) is 0 Å². The summed E-state index contributed by atoms with van der Waals surface area (Å²) in [5, 5.41) is 26.2. The fourth-order valence-corrected chi connectivity index (χ4v) is 9.17. The van der Waals surface area contributed by atoms with E-state index < -0.39 is 72.1 Å². The summed E-state index contributed by atoms with van der Waals surface area (Å²) in [6, 6.07) is 13.3. The SMILES string of the molecule is Cc1ccn(C(CC(C)C)C(=O)N[C@@H](CC(=O)O)c2cncc(-c3c(F)ccc(Cc4ccn(C(CC(C)C)C(=O)N[C@@H](CC(=O)O)c5cncc(-c6c(Cl)cccc6Cl)c5)c(=O)c4)c3C)c2)c(=O)c1. The maximum atomic E-state index is 15.9. The van der Waals surface area contributed by atoms with Crippen molar-refractivity contribution in [3.05, 3.63) is 174 Å². The fraction of sp³-hybridized carbons (Fsp3) is 0.321. The predicted molar refractivity (Wildman–Crippen MR) is 266 cm³/mol. The molecule has 17 heteroatoms. The molecule has 0 saturated carbocycles. The van der Waals surface area contributed by atoms with Crippen molar-refractivity contribution >= 4 is 47.0 Å². The molecule has 2 aromatic carbocycles. The van der Waals surface area contributed by atoms with Crippen molar-refractivity contribution in [3.8, 4) is 22.3 Å². The second-order valence-electron chi connectivity index (χ2n) is 18.3. The number of carbonyl (C=O) groups excluding carboxylic acids is 2. The molecule has 4 aromatic heterocycles. The van der Waals surface area contributed by atoms with Crippen LogP contribution in [0.15, 0.2) is 114 Å². The lowest BCUT2D eigenvalue weighted by Crippen LogP contribution is -2.40. The van der Waals surface area contributed by atoms with Crippen LogP contribution in [0.3, 0.4) is 0 Å². The molecule has 2 unspecified atom stereocenters. The Labute approximate surface area is 414 Å². The maximum absolute atomic E-state index is 15.9.